The van der Waals surface area contributed by atoms with Crippen LogP contribution in [0, 0.1) is 0 Å². The molecule has 22 heavy (non-hydrogen) atoms. The minimum atomic E-state index is -0.461. The third-order valence-corrected chi connectivity index (χ3v) is 3.77. The zero-order valence-corrected chi connectivity index (χ0v) is 13.0. The van der Waals surface area contributed by atoms with Crippen LogP contribution in [-0.4, -0.2) is 32.5 Å². The van der Waals surface area contributed by atoms with Gasteiger partial charge in [-0.3, -0.25) is 0 Å². The Bertz CT molecular complexity index is 761. The molecule has 0 N–H and O–H groups in total. The molecule has 2 heterocycles. The summed E-state index contributed by atoms with van der Waals surface area (Å²) >= 11 is 0. The zero-order valence-electron chi connectivity index (χ0n) is 13.0. The first kappa shape index (κ1) is 14.7. The van der Waals surface area contributed by atoms with E-state index in [2.05, 4.69) is 0 Å². The highest BCUT2D eigenvalue weighted by Gasteiger charge is 2.48. The molecule has 0 saturated carbocycles. The number of fused-ring (bicyclic) bond motifs is 1. The summed E-state index contributed by atoms with van der Waals surface area (Å²) in [5, 5.41) is 0.649. The van der Waals surface area contributed by atoms with E-state index in [4.69, 9.17) is 23.4 Å². The number of rotatable bonds is 5. The van der Waals surface area contributed by atoms with Gasteiger partial charge in [0.1, 0.15) is 18.5 Å². The van der Waals surface area contributed by atoms with Gasteiger partial charge in [-0.2, -0.15) is 0 Å². The monoisotopic (exact) mass is 306 g/mol. The van der Waals surface area contributed by atoms with E-state index >= 15 is 0 Å². The maximum absolute atomic E-state index is 11.5. The highest BCUT2D eigenvalue weighted by molar-refractivity contribution is 5.91. The molecule has 0 spiro atoms. The Labute approximate surface area is 127 Å². The molecule has 0 aliphatic carbocycles. The fourth-order valence-corrected chi connectivity index (χ4v) is 2.35. The summed E-state index contributed by atoms with van der Waals surface area (Å²) in [7, 11) is 3.01. The Kier molecular flexibility index (Phi) is 3.48. The van der Waals surface area contributed by atoms with Crippen molar-refractivity contribution in [3.05, 3.63) is 28.6 Å². The summed E-state index contributed by atoms with van der Waals surface area (Å²) in [6, 6.07) is 4.71. The number of benzene rings is 1. The van der Waals surface area contributed by atoms with Gasteiger partial charge in [0.05, 0.1) is 25.2 Å². The van der Waals surface area contributed by atoms with Gasteiger partial charge >= 0.3 is 5.63 Å². The molecule has 0 amide bonds. The van der Waals surface area contributed by atoms with Gasteiger partial charge in [0.25, 0.3) is 0 Å². The number of ether oxygens (including phenoxy) is 4. The van der Waals surface area contributed by atoms with Crippen LogP contribution in [0.15, 0.2) is 27.4 Å². The zero-order chi connectivity index (χ0) is 15.9. The van der Waals surface area contributed by atoms with Crippen molar-refractivity contribution in [3.63, 3.8) is 0 Å². The van der Waals surface area contributed by atoms with Gasteiger partial charge in [-0.05, 0) is 19.9 Å². The van der Waals surface area contributed by atoms with Crippen LogP contribution in [0.1, 0.15) is 13.8 Å². The number of hydrogen-bond donors (Lipinski definition) is 0. The molecule has 6 heteroatoms. The summed E-state index contributed by atoms with van der Waals surface area (Å²) < 4.78 is 27.2. The van der Waals surface area contributed by atoms with Crippen LogP contribution in [0.4, 0.5) is 0 Å². The van der Waals surface area contributed by atoms with Crippen molar-refractivity contribution in [1.29, 1.82) is 0 Å². The molecule has 0 radical (unpaired) electrons. The molecule has 2 aromatic rings. The van der Waals surface area contributed by atoms with Crippen LogP contribution in [0.2, 0.25) is 0 Å². The topological polar surface area (TPSA) is 70.4 Å². The molecular formula is C16H18O6. The average Bonchev–Trinajstić information content (AvgIpc) is 3.10. The van der Waals surface area contributed by atoms with E-state index in [1.54, 1.807) is 12.1 Å². The van der Waals surface area contributed by atoms with Crippen LogP contribution >= 0.6 is 0 Å². The lowest BCUT2D eigenvalue weighted by molar-refractivity contribution is 0.254. The van der Waals surface area contributed by atoms with Crippen molar-refractivity contribution in [2.75, 3.05) is 20.8 Å². The third kappa shape index (κ3) is 2.50. The van der Waals surface area contributed by atoms with Gasteiger partial charge in [0.15, 0.2) is 11.3 Å². The lowest BCUT2D eigenvalue weighted by atomic mass is 10.1. The third-order valence-electron chi connectivity index (χ3n) is 3.77. The van der Waals surface area contributed by atoms with Crippen molar-refractivity contribution < 1.29 is 23.4 Å². The second-order valence-corrected chi connectivity index (χ2v) is 5.63. The van der Waals surface area contributed by atoms with E-state index in [1.807, 2.05) is 13.8 Å². The summed E-state index contributed by atoms with van der Waals surface area (Å²) in [6.45, 7) is 4.43. The van der Waals surface area contributed by atoms with Crippen molar-refractivity contribution in [2.24, 2.45) is 0 Å². The van der Waals surface area contributed by atoms with Crippen LogP contribution in [0.5, 0.6) is 17.2 Å². The lowest BCUT2D eigenvalue weighted by Crippen LogP contribution is -2.12. The molecule has 1 fully saturated rings. The molecule has 1 aromatic carbocycles. The van der Waals surface area contributed by atoms with E-state index in [0.717, 1.165) is 0 Å². The molecule has 0 bridgehead atoms. The summed E-state index contributed by atoms with van der Waals surface area (Å²) in [6.07, 6.45) is 0.0476. The summed E-state index contributed by atoms with van der Waals surface area (Å²) in [4.78, 5) is 11.5. The second kappa shape index (κ2) is 5.21. The number of epoxide rings is 1. The van der Waals surface area contributed by atoms with Gasteiger partial charge in [-0.25, -0.2) is 4.79 Å². The van der Waals surface area contributed by atoms with Crippen LogP contribution < -0.4 is 19.8 Å². The van der Waals surface area contributed by atoms with E-state index in [0.29, 0.717) is 34.8 Å². The molecule has 1 atom stereocenters. The quantitative estimate of drug-likeness (QED) is 0.624. The largest absolute Gasteiger partial charge is 0.493 e. The maximum Gasteiger partial charge on any atom is 0.336 e. The van der Waals surface area contributed by atoms with Gasteiger partial charge in [0.2, 0.25) is 5.75 Å². The standard InChI is InChI=1S/C16H18O6/c1-16(2)12(22-16)8-20-10-7-11(18-3)15(19-4)14-9(10)5-6-13(17)21-14/h5-7,12H,8H2,1-4H3. The van der Waals surface area contributed by atoms with Crippen LogP contribution in [0.3, 0.4) is 0 Å². The number of methoxy groups -OCH3 is 2. The molecule has 1 aromatic heterocycles. The molecule has 1 unspecified atom stereocenters. The highest BCUT2D eigenvalue weighted by atomic mass is 16.6. The summed E-state index contributed by atoms with van der Waals surface area (Å²) in [5.74, 6) is 1.36. The average molecular weight is 306 g/mol. The van der Waals surface area contributed by atoms with Crippen molar-refractivity contribution in [3.8, 4) is 17.2 Å². The Morgan fingerprint density at radius 3 is 2.50 bits per heavy atom. The Hall–Kier alpha value is -2.21. The minimum Gasteiger partial charge on any atom is -0.493 e. The SMILES string of the molecule is COc1cc(OCC2OC2(C)C)c2ccc(=O)oc2c1OC. The smallest absolute Gasteiger partial charge is 0.336 e. The fourth-order valence-electron chi connectivity index (χ4n) is 2.35. The summed E-state index contributed by atoms with van der Waals surface area (Å²) in [5.41, 5.74) is -0.309. The minimum absolute atomic E-state index is 0.0476. The van der Waals surface area contributed by atoms with Gasteiger partial charge in [0, 0.05) is 12.1 Å². The molecule has 1 aliphatic heterocycles. The van der Waals surface area contributed by atoms with E-state index < -0.39 is 5.63 Å². The first-order chi connectivity index (χ1) is 10.5. The predicted octanol–water partition coefficient (Wildman–Crippen LogP) is 2.37. The van der Waals surface area contributed by atoms with E-state index in [1.165, 1.54) is 20.3 Å². The predicted molar refractivity (Wildman–Crippen MR) is 80.0 cm³/mol. The van der Waals surface area contributed by atoms with Crippen LogP contribution in [0.25, 0.3) is 11.0 Å². The van der Waals surface area contributed by atoms with Crippen molar-refractivity contribution in [2.45, 2.75) is 25.6 Å². The Morgan fingerprint density at radius 1 is 1.18 bits per heavy atom. The molecule has 6 nitrogen and oxygen atoms in total. The van der Waals surface area contributed by atoms with Gasteiger partial charge in [-0.15, -0.1) is 0 Å². The Morgan fingerprint density at radius 2 is 1.91 bits per heavy atom. The first-order valence-corrected chi connectivity index (χ1v) is 6.95. The lowest BCUT2D eigenvalue weighted by Gasteiger charge is -2.14. The van der Waals surface area contributed by atoms with Gasteiger partial charge in [-0.1, -0.05) is 0 Å². The molecule has 3 rings (SSSR count). The fraction of sp³-hybridized carbons (Fsp3) is 0.438. The molecule has 118 valence electrons. The first-order valence-electron chi connectivity index (χ1n) is 6.95. The molecule has 1 saturated heterocycles. The van der Waals surface area contributed by atoms with E-state index in [-0.39, 0.29) is 11.7 Å². The molecule has 1 aliphatic rings. The second-order valence-electron chi connectivity index (χ2n) is 5.63. The number of hydrogen-bond acceptors (Lipinski definition) is 6. The molecular weight excluding hydrogens is 288 g/mol. The van der Waals surface area contributed by atoms with E-state index in [9.17, 15) is 4.79 Å². The van der Waals surface area contributed by atoms with Gasteiger partial charge < -0.3 is 23.4 Å². The maximum atomic E-state index is 11.5. The van der Waals surface area contributed by atoms with Crippen molar-refractivity contribution in [1.82, 2.24) is 0 Å². The Balaban J connectivity index is 2.03. The van der Waals surface area contributed by atoms with Crippen molar-refractivity contribution >= 4 is 11.0 Å². The van der Waals surface area contributed by atoms with Crippen LogP contribution in [-0.2, 0) is 4.74 Å². The normalized spacial score (nSPS) is 19.0. The highest BCUT2D eigenvalue weighted by Crippen LogP contribution is 2.42.